The molecule has 0 bridgehead atoms. The molecular weight excluding hydrogens is 334 g/mol. The van der Waals surface area contributed by atoms with E-state index >= 15 is 0 Å². The summed E-state index contributed by atoms with van der Waals surface area (Å²) in [7, 11) is 0. The topological polar surface area (TPSA) is 52.5 Å². The molecule has 0 saturated carbocycles. The molecule has 140 valence electrons. The fourth-order valence-electron chi connectivity index (χ4n) is 3.46. The summed E-state index contributed by atoms with van der Waals surface area (Å²) in [4.78, 5) is 0. The molecule has 3 nitrogen and oxygen atoms in total. The second kappa shape index (κ2) is 9.36. The molecule has 3 aromatic rings. The van der Waals surface area contributed by atoms with E-state index in [4.69, 9.17) is 0 Å². The van der Waals surface area contributed by atoms with Crippen LogP contribution in [0.4, 0.5) is 0 Å². The van der Waals surface area contributed by atoms with Gasteiger partial charge in [0, 0.05) is 12.0 Å². The number of aliphatic hydroxyl groups is 1. The number of hydrogen-bond donors (Lipinski definition) is 3. The summed E-state index contributed by atoms with van der Waals surface area (Å²) in [6.45, 7) is 2.75. The molecule has 3 heteroatoms. The van der Waals surface area contributed by atoms with Gasteiger partial charge >= 0.3 is 0 Å². The zero-order chi connectivity index (χ0) is 19.1. The summed E-state index contributed by atoms with van der Waals surface area (Å²) in [6.07, 6.45) is 0.273. The molecule has 0 saturated heterocycles. The Kier molecular flexibility index (Phi) is 6.64. The van der Waals surface area contributed by atoms with Crippen molar-refractivity contribution < 1.29 is 10.2 Å². The van der Waals surface area contributed by atoms with Crippen molar-refractivity contribution in [2.24, 2.45) is 0 Å². The van der Waals surface area contributed by atoms with Gasteiger partial charge in [-0.3, -0.25) is 0 Å². The quantitative estimate of drug-likeness (QED) is 0.548. The van der Waals surface area contributed by atoms with Crippen LogP contribution in [0.1, 0.15) is 42.1 Å². The predicted molar refractivity (Wildman–Crippen MR) is 110 cm³/mol. The third-order valence-electron chi connectivity index (χ3n) is 4.99. The second-order valence-electron chi connectivity index (χ2n) is 6.95. The molecule has 0 aliphatic carbocycles. The summed E-state index contributed by atoms with van der Waals surface area (Å²) in [5, 5.41) is 23.6. The Morgan fingerprint density at radius 2 is 1.33 bits per heavy atom. The maximum atomic E-state index is 10.5. The SMILES string of the molecule is CC(NCCC(c1ccccc1)c1ccccc1)C(O)c1cccc(O)c1. The van der Waals surface area contributed by atoms with Crippen molar-refractivity contribution in [3.63, 3.8) is 0 Å². The molecule has 3 aromatic carbocycles. The molecule has 0 spiro atoms. The van der Waals surface area contributed by atoms with Crippen LogP contribution in [0.15, 0.2) is 84.9 Å². The minimum atomic E-state index is -0.663. The van der Waals surface area contributed by atoms with Crippen molar-refractivity contribution >= 4 is 0 Å². The summed E-state index contributed by atoms with van der Waals surface area (Å²) in [5.74, 6) is 0.483. The fourth-order valence-corrected chi connectivity index (χ4v) is 3.46. The number of aliphatic hydroxyl groups excluding tert-OH is 1. The van der Waals surface area contributed by atoms with E-state index in [-0.39, 0.29) is 11.8 Å². The van der Waals surface area contributed by atoms with Crippen molar-refractivity contribution in [2.45, 2.75) is 31.4 Å². The predicted octanol–water partition coefficient (Wildman–Crippen LogP) is 4.63. The Morgan fingerprint density at radius 3 is 1.89 bits per heavy atom. The maximum absolute atomic E-state index is 10.5. The molecule has 0 heterocycles. The second-order valence-corrected chi connectivity index (χ2v) is 6.95. The number of benzene rings is 3. The van der Waals surface area contributed by atoms with Gasteiger partial charge in [-0.2, -0.15) is 0 Å². The zero-order valence-corrected chi connectivity index (χ0v) is 15.6. The van der Waals surface area contributed by atoms with Gasteiger partial charge in [0.05, 0.1) is 6.10 Å². The monoisotopic (exact) mass is 361 g/mol. The van der Waals surface area contributed by atoms with Gasteiger partial charge in [0.25, 0.3) is 0 Å². The first-order valence-corrected chi connectivity index (χ1v) is 9.45. The number of hydrogen-bond acceptors (Lipinski definition) is 3. The lowest BCUT2D eigenvalue weighted by Crippen LogP contribution is -2.33. The van der Waals surface area contributed by atoms with Crippen molar-refractivity contribution in [1.82, 2.24) is 5.32 Å². The van der Waals surface area contributed by atoms with Crippen molar-refractivity contribution in [2.75, 3.05) is 6.54 Å². The van der Waals surface area contributed by atoms with Gasteiger partial charge in [-0.15, -0.1) is 0 Å². The first-order chi connectivity index (χ1) is 13.1. The average Bonchev–Trinajstić information content (AvgIpc) is 2.72. The lowest BCUT2D eigenvalue weighted by Gasteiger charge is -2.23. The Bertz CT molecular complexity index is 781. The first-order valence-electron chi connectivity index (χ1n) is 9.45. The Balaban J connectivity index is 1.64. The first kappa shape index (κ1) is 19.2. The van der Waals surface area contributed by atoms with Crippen LogP contribution in [-0.4, -0.2) is 22.8 Å². The van der Waals surface area contributed by atoms with Crippen LogP contribution in [0.2, 0.25) is 0 Å². The molecule has 0 aliphatic rings. The molecule has 2 unspecified atom stereocenters. The average molecular weight is 361 g/mol. The third kappa shape index (κ3) is 5.19. The molecular formula is C24H27NO2. The summed E-state index contributed by atoms with van der Waals surface area (Å²) < 4.78 is 0. The number of nitrogens with one attached hydrogen (secondary N) is 1. The summed E-state index contributed by atoms with van der Waals surface area (Å²) in [5.41, 5.74) is 3.32. The third-order valence-corrected chi connectivity index (χ3v) is 4.99. The van der Waals surface area contributed by atoms with E-state index in [0.717, 1.165) is 18.5 Å². The van der Waals surface area contributed by atoms with Gasteiger partial charge in [-0.25, -0.2) is 0 Å². The molecule has 3 rings (SSSR count). The molecule has 0 aliphatic heterocycles. The largest absolute Gasteiger partial charge is 0.508 e. The minimum absolute atomic E-state index is 0.112. The van der Waals surface area contributed by atoms with Gasteiger partial charge in [0.2, 0.25) is 0 Å². The van der Waals surface area contributed by atoms with Gasteiger partial charge < -0.3 is 15.5 Å². The lowest BCUT2D eigenvalue weighted by atomic mass is 9.88. The maximum Gasteiger partial charge on any atom is 0.115 e. The lowest BCUT2D eigenvalue weighted by molar-refractivity contribution is 0.135. The van der Waals surface area contributed by atoms with Gasteiger partial charge in [0.15, 0.2) is 0 Å². The van der Waals surface area contributed by atoms with Crippen LogP contribution in [0.5, 0.6) is 5.75 Å². The van der Waals surface area contributed by atoms with E-state index in [2.05, 4.69) is 53.8 Å². The van der Waals surface area contributed by atoms with E-state index in [9.17, 15) is 10.2 Å². The highest BCUT2D eigenvalue weighted by Gasteiger charge is 2.18. The van der Waals surface area contributed by atoms with E-state index in [1.165, 1.54) is 11.1 Å². The van der Waals surface area contributed by atoms with Crippen LogP contribution >= 0.6 is 0 Å². The van der Waals surface area contributed by atoms with Crippen LogP contribution in [-0.2, 0) is 0 Å². The Labute approximate surface area is 161 Å². The zero-order valence-electron chi connectivity index (χ0n) is 15.6. The van der Waals surface area contributed by atoms with E-state index in [0.29, 0.717) is 5.92 Å². The van der Waals surface area contributed by atoms with E-state index in [1.54, 1.807) is 18.2 Å². The van der Waals surface area contributed by atoms with E-state index < -0.39 is 6.10 Å². The Hall–Kier alpha value is -2.62. The van der Waals surface area contributed by atoms with Gasteiger partial charge in [0.1, 0.15) is 5.75 Å². The smallest absolute Gasteiger partial charge is 0.115 e. The van der Waals surface area contributed by atoms with Crippen LogP contribution in [0, 0.1) is 0 Å². The van der Waals surface area contributed by atoms with Gasteiger partial charge in [-0.1, -0.05) is 72.8 Å². The Morgan fingerprint density at radius 1 is 0.778 bits per heavy atom. The highest BCUT2D eigenvalue weighted by Crippen LogP contribution is 2.28. The van der Waals surface area contributed by atoms with Crippen LogP contribution in [0.3, 0.4) is 0 Å². The highest BCUT2D eigenvalue weighted by molar-refractivity contribution is 5.32. The normalized spacial score (nSPS) is 13.4. The standard InChI is InChI=1S/C24H27NO2/c1-18(24(27)21-13-8-14-22(26)17-21)25-16-15-23(19-9-4-2-5-10-19)20-11-6-3-7-12-20/h2-14,17-18,23-27H,15-16H2,1H3. The van der Waals surface area contributed by atoms with Crippen LogP contribution in [0.25, 0.3) is 0 Å². The molecule has 2 atom stereocenters. The van der Waals surface area contributed by atoms with Gasteiger partial charge in [-0.05, 0) is 48.7 Å². The number of phenols is 1. The van der Waals surface area contributed by atoms with Crippen LogP contribution < -0.4 is 5.32 Å². The van der Waals surface area contributed by atoms with Crippen molar-refractivity contribution in [3.8, 4) is 5.75 Å². The molecule has 0 fully saturated rings. The molecule has 0 amide bonds. The number of aromatic hydroxyl groups is 1. The van der Waals surface area contributed by atoms with Crippen molar-refractivity contribution in [1.29, 1.82) is 0 Å². The van der Waals surface area contributed by atoms with Crippen molar-refractivity contribution in [3.05, 3.63) is 102 Å². The summed E-state index contributed by atoms with van der Waals surface area (Å²) in [6, 6.07) is 27.8. The molecule has 0 radical (unpaired) electrons. The minimum Gasteiger partial charge on any atom is -0.508 e. The molecule has 0 aromatic heterocycles. The summed E-state index contributed by atoms with van der Waals surface area (Å²) >= 11 is 0. The highest BCUT2D eigenvalue weighted by atomic mass is 16.3. The number of rotatable bonds is 8. The van der Waals surface area contributed by atoms with E-state index in [1.807, 2.05) is 25.1 Å². The number of phenolic OH excluding ortho intramolecular Hbond substituents is 1. The molecule has 3 N–H and O–H groups in total. The fraction of sp³-hybridized carbons (Fsp3) is 0.250. The molecule has 27 heavy (non-hydrogen) atoms.